The number of hydrogen-bond donors (Lipinski definition) is 2. The molecular weight excluding hydrogens is 363 g/mol. The van der Waals surface area contributed by atoms with Crippen molar-refractivity contribution in [2.45, 2.75) is 31.7 Å². The van der Waals surface area contributed by atoms with E-state index in [0.717, 1.165) is 18.5 Å². The first-order valence-corrected chi connectivity index (χ1v) is 9.29. The molecule has 0 radical (unpaired) electrons. The first-order chi connectivity index (χ1) is 13.6. The van der Waals surface area contributed by atoms with E-state index < -0.39 is 5.82 Å². The third-order valence-corrected chi connectivity index (χ3v) is 4.96. The van der Waals surface area contributed by atoms with E-state index in [2.05, 4.69) is 15.4 Å². The molecule has 1 fully saturated rings. The van der Waals surface area contributed by atoms with Crippen LogP contribution in [0.1, 0.15) is 35.7 Å². The van der Waals surface area contributed by atoms with E-state index in [9.17, 15) is 14.0 Å². The van der Waals surface area contributed by atoms with Gasteiger partial charge < -0.3 is 10.1 Å². The summed E-state index contributed by atoms with van der Waals surface area (Å²) in [5, 5.41) is 5.82. The fourth-order valence-electron chi connectivity index (χ4n) is 3.43. The van der Waals surface area contributed by atoms with E-state index >= 15 is 0 Å². The molecule has 28 heavy (non-hydrogen) atoms. The van der Waals surface area contributed by atoms with Gasteiger partial charge in [0.25, 0.3) is 5.56 Å². The molecule has 1 amide bonds. The minimum atomic E-state index is -0.414. The number of halogens is 1. The summed E-state index contributed by atoms with van der Waals surface area (Å²) in [5.74, 6) is -0.425. The number of nitrogens with zero attached hydrogens (tertiary/aromatic N) is 2. The Bertz CT molecular complexity index is 1050. The Balaban J connectivity index is 1.46. The molecule has 7 nitrogen and oxygen atoms in total. The lowest BCUT2D eigenvalue weighted by molar-refractivity contribution is -0.120. The smallest absolute Gasteiger partial charge is 0.272 e. The Hall–Kier alpha value is -3.00. The van der Waals surface area contributed by atoms with Gasteiger partial charge >= 0.3 is 0 Å². The van der Waals surface area contributed by atoms with Gasteiger partial charge in [-0.15, -0.1) is 0 Å². The number of hydrogen-bond acceptors (Lipinski definition) is 4. The third-order valence-electron chi connectivity index (χ3n) is 4.96. The number of aromatic nitrogens is 3. The van der Waals surface area contributed by atoms with E-state index in [1.165, 1.54) is 16.6 Å². The van der Waals surface area contributed by atoms with Crippen LogP contribution in [0.2, 0.25) is 0 Å². The summed E-state index contributed by atoms with van der Waals surface area (Å²) in [5.41, 5.74) is 2.04. The largest absolute Gasteiger partial charge is 0.381 e. The predicted molar refractivity (Wildman–Crippen MR) is 101 cm³/mol. The molecular formula is C20H21FN4O3. The zero-order chi connectivity index (χ0) is 19.5. The van der Waals surface area contributed by atoms with Crippen LogP contribution in [0.5, 0.6) is 0 Å². The van der Waals surface area contributed by atoms with Gasteiger partial charge in [-0.05, 0) is 24.5 Å². The Morgan fingerprint density at radius 1 is 1.29 bits per heavy atom. The molecule has 4 rings (SSSR count). The minimum absolute atomic E-state index is 0.0635. The van der Waals surface area contributed by atoms with Crippen LogP contribution in [0.3, 0.4) is 0 Å². The fraction of sp³-hybridized carbons (Fsp3) is 0.350. The number of benzene rings is 1. The molecule has 0 bridgehead atoms. The number of aromatic amines is 1. The summed E-state index contributed by atoms with van der Waals surface area (Å²) < 4.78 is 20.4. The lowest BCUT2D eigenvalue weighted by Gasteiger charge is -2.20. The molecule has 2 N–H and O–H groups in total. The van der Waals surface area contributed by atoms with E-state index in [4.69, 9.17) is 4.74 Å². The number of fused-ring (bicyclic) bond motifs is 1. The quantitative estimate of drug-likeness (QED) is 0.703. The molecule has 146 valence electrons. The van der Waals surface area contributed by atoms with E-state index in [1.54, 1.807) is 18.2 Å². The average molecular weight is 384 g/mol. The molecule has 1 aliphatic rings. The van der Waals surface area contributed by atoms with E-state index in [0.29, 0.717) is 36.0 Å². The minimum Gasteiger partial charge on any atom is -0.381 e. The number of H-pyrrole nitrogens is 1. The third kappa shape index (κ3) is 3.96. The molecule has 3 heterocycles. The SMILES string of the molecule is O=C(Cc1ccccc1F)NCc1cc(=O)n2[nH]c(C3CCOCC3)cc2n1. The summed E-state index contributed by atoms with van der Waals surface area (Å²) in [4.78, 5) is 28.9. The fourth-order valence-corrected chi connectivity index (χ4v) is 3.43. The first-order valence-electron chi connectivity index (χ1n) is 9.29. The average Bonchev–Trinajstić information content (AvgIpc) is 3.14. The van der Waals surface area contributed by atoms with Gasteiger partial charge in [0, 0.05) is 37.0 Å². The maximum atomic E-state index is 13.6. The maximum absolute atomic E-state index is 13.6. The molecule has 0 aliphatic carbocycles. The van der Waals surface area contributed by atoms with Crippen molar-refractivity contribution in [2.24, 2.45) is 0 Å². The zero-order valence-electron chi connectivity index (χ0n) is 15.3. The number of amides is 1. The normalized spacial score (nSPS) is 15.0. The van der Waals surface area contributed by atoms with Gasteiger partial charge in [0.1, 0.15) is 5.82 Å². The highest BCUT2D eigenvalue weighted by Crippen LogP contribution is 2.25. The summed E-state index contributed by atoms with van der Waals surface area (Å²) in [6.07, 6.45) is 1.74. The molecule has 0 spiro atoms. The van der Waals surface area contributed by atoms with Crippen LogP contribution in [0, 0.1) is 5.82 Å². The lowest BCUT2D eigenvalue weighted by atomic mass is 9.97. The topological polar surface area (TPSA) is 88.5 Å². The van der Waals surface area contributed by atoms with Crippen LogP contribution in [0.4, 0.5) is 4.39 Å². The van der Waals surface area contributed by atoms with Crippen molar-refractivity contribution < 1.29 is 13.9 Å². The summed E-state index contributed by atoms with van der Waals surface area (Å²) in [6.45, 7) is 1.53. The van der Waals surface area contributed by atoms with Crippen molar-refractivity contribution >= 4 is 11.6 Å². The van der Waals surface area contributed by atoms with Gasteiger partial charge in [-0.3, -0.25) is 14.7 Å². The van der Waals surface area contributed by atoms with Gasteiger partial charge in [0.15, 0.2) is 5.65 Å². The van der Waals surface area contributed by atoms with Crippen LogP contribution in [-0.4, -0.2) is 33.7 Å². The monoisotopic (exact) mass is 384 g/mol. The molecule has 3 aromatic rings. The second-order valence-corrected chi connectivity index (χ2v) is 6.92. The lowest BCUT2D eigenvalue weighted by Crippen LogP contribution is -2.26. The highest BCUT2D eigenvalue weighted by molar-refractivity contribution is 5.78. The van der Waals surface area contributed by atoms with Gasteiger partial charge in [-0.25, -0.2) is 13.9 Å². The van der Waals surface area contributed by atoms with Gasteiger partial charge in [-0.2, -0.15) is 0 Å². The number of carbonyl (C=O) groups excluding carboxylic acids is 1. The van der Waals surface area contributed by atoms with Crippen LogP contribution in [0.25, 0.3) is 5.65 Å². The van der Waals surface area contributed by atoms with E-state index in [-0.39, 0.29) is 24.4 Å². The first kappa shape index (κ1) is 18.4. The Labute approximate surface area is 160 Å². The maximum Gasteiger partial charge on any atom is 0.272 e. The van der Waals surface area contributed by atoms with Crippen LogP contribution in [-0.2, 0) is 22.5 Å². The summed E-state index contributed by atoms with van der Waals surface area (Å²) in [6, 6.07) is 9.42. The van der Waals surface area contributed by atoms with Crippen molar-refractivity contribution in [3.8, 4) is 0 Å². The van der Waals surface area contributed by atoms with Crippen molar-refractivity contribution in [1.82, 2.24) is 19.9 Å². The van der Waals surface area contributed by atoms with Crippen LogP contribution in [0.15, 0.2) is 41.2 Å². The van der Waals surface area contributed by atoms with Crippen molar-refractivity contribution in [3.63, 3.8) is 0 Å². The van der Waals surface area contributed by atoms with Crippen molar-refractivity contribution in [2.75, 3.05) is 13.2 Å². The summed E-state index contributed by atoms with van der Waals surface area (Å²) >= 11 is 0. The second kappa shape index (κ2) is 7.93. The summed E-state index contributed by atoms with van der Waals surface area (Å²) in [7, 11) is 0. The molecule has 1 aliphatic heterocycles. The molecule has 1 saturated heterocycles. The number of rotatable bonds is 5. The van der Waals surface area contributed by atoms with Crippen LogP contribution < -0.4 is 10.9 Å². The van der Waals surface area contributed by atoms with Gasteiger partial charge in [0.2, 0.25) is 5.91 Å². The Kier molecular flexibility index (Phi) is 5.21. The molecule has 8 heteroatoms. The number of ether oxygens (including phenoxy) is 1. The van der Waals surface area contributed by atoms with Crippen molar-refractivity contribution in [3.05, 3.63) is 69.5 Å². The Morgan fingerprint density at radius 2 is 2.07 bits per heavy atom. The molecule has 0 atom stereocenters. The Morgan fingerprint density at radius 3 is 2.86 bits per heavy atom. The van der Waals surface area contributed by atoms with Crippen LogP contribution >= 0.6 is 0 Å². The molecule has 0 unspecified atom stereocenters. The number of carbonyl (C=O) groups is 1. The molecule has 0 saturated carbocycles. The zero-order valence-corrected chi connectivity index (χ0v) is 15.3. The number of nitrogens with one attached hydrogen (secondary N) is 2. The highest BCUT2D eigenvalue weighted by Gasteiger charge is 2.19. The predicted octanol–water partition coefficient (Wildman–Crippen LogP) is 1.91. The van der Waals surface area contributed by atoms with Gasteiger partial charge in [0.05, 0.1) is 18.7 Å². The molecule has 2 aromatic heterocycles. The van der Waals surface area contributed by atoms with Crippen molar-refractivity contribution in [1.29, 1.82) is 0 Å². The second-order valence-electron chi connectivity index (χ2n) is 6.92. The van der Waals surface area contributed by atoms with Gasteiger partial charge in [-0.1, -0.05) is 18.2 Å². The standard InChI is InChI=1S/C20H21FN4O3/c21-16-4-2-1-3-14(16)9-19(26)22-12-15-10-20(27)25-18(23-15)11-17(24-25)13-5-7-28-8-6-13/h1-4,10-11,13,24H,5-9,12H2,(H,22,26). The highest BCUT2D eigenvalue weighted by atomic mass is 19.1. The molecule has 1 aromatic carbocycles. The van der Waals surface area contributed by atoms with E-state index in [1.807, 2.05) is 6.07 Å².